The number of nitrogens with one attached hydrogen (secondary N) is 1. The maximum Gasteiger partial charge on any atom is 0.305 e. The number of ether oxygens (including phenoxy) is 1. The number of nitrogens with zero attached hydrogens (tertiary/aromatic N) is 3. The Morgan fingerprint density at radius 3 is 2.75 bits per heavy atom. The van der Waals surface area contributed by atoms with E-state index in [0.717, 1.165) is 22.5 Å². The van der Waals surface area contributed by atoms with Crippen molar-refractivity contribution in [3.63, 3.8) is 0 Å². The number of amides is 2. The Balaban J connectivity index is 1.59. The summed E-state index contributed by atoms with van der Waals surface area (Å²) < 4.78 is 7.21. The third-order valence-electron chi connectivity index (χ3n) is 6.16. The molecule has 2 N–H and O–H groups in total. The maximum absolute atomic E-state index is 13.5. The van der Waals surface area contributed by atoms with E-state index in [9.17, 15) is 14.4 Å². The molecule has 0 saturated heterocycles. The standard InChI is InChI=1S/C26H27ClN4O5/c1-36-19-7-4-5-17(11-19)12-24(32)31-15-23-21(13-22(31)26(35)28-10-9-25(33)34)29-16-30(23)14-18-6-2-3-8-20(18)27/h2-8,11,16,22H,9-10,12-15H2,1H3,(H,28,35)(H,33,34). The summed E-state index contributed by atoms with van der Waals surface area (Å²) in [6, 6.07) is 14.0. The van der Waals surface area contributed by atoms with Crippen LogP contribution in [0.1, 0.15) is 28.9 Å². The Morgan fingerprint density at radius 1 is 1.19 bits per heavy atom. The average molecular weight is 511 g/mol. The SMILES string of the molecule is COc1cccc(CC(=O)N2Cc3c(ncn3Cc3ccccc3Cl)CC2C(=O)NCCC(=O)O)c1. The van der Waals surface area contributed by atoms with E-state index < -0.39 is 17.9 Å². The zero-order chi connectivity index (χ0) is 25.7. The summed E-state index contributed by atoms with van der Waals surface area (Å²) in [6.07, 6.45) is 1.81. The Bertz CT molecular complexity index is 1270. The van der Waals surface area contributed by atoms with Crippen molar-refractivity contribution in [2.45, 2.75) is 38.4 Å². The van der Waals surface area contributed by atoms with E-state index in [4.69, 9.17) is 21.4 Å². The number of imidazole rings is 1. The van der Waals surface area contributed by atoms with Gasteiger partial charge in [0.1, 0.15) is 11.8 Å². The highest BCUT2D eigenvalue weighted by Gasteiger charge is 2.36. The minimum Gasteiger partial charge on any atom is -0.497 e. The third-order valence-corrected chi connectivity index (χ3v) is 6.53. The number of methoxy groups -OCH3 is 1. The lowest BCUT2D eigenvalue weighted by atomic mass is 9.99. The normalized spacial score (nSPS) is 14.7. The molecule has 3 aromatic rings. The number of hydrogen-bond donors (Lipinski definition) is 2. The van der Waals surface area contributed by atoms with Crippen molar-refractivity contribution in [1.29, 1.82) is 0 Å². The van der Waals surface area contributed by atoms with Crippen molar-refractivity contribution < 1.29 is 24.2 Å². The summed E-state index contributed by atoms with van der Waals surface area (Å²) in [5, 5.41) is 12.2. The molecule has 0 spiro atoms. The first-order chi connectivity index (χ1) is 17.4. The summed E-state index contributed by atoms with van der Waals surface area (Å²) in [4.78, 5) is 43.4. The number of carbonyl (C=O) groups is 3. The van der Waals surface area contributed by atoms with Crippen molar-refractivity contribution in [2.24, 2.45) is 0 Å². The number of carbonyl (C=O) groups excluding carboxylic acids is 2. The van der Waals surface area contributed by atoms with Crippen LogP contribution < -0.4 is 10.1 Å². The van der Waals surface area contributed by atoms with Gasteiger partial charge in [-0.3, -0.25) is 14.4 Å². The van der Waals surface area contributed by atoms with E-state index >= 15 is 0 Å². The van der Waals surface area contributed by atoms with Crippen LogP contribution in [0.25, 0.3) is 0 Å². The van der Waals surface area contributed by atoms with Gasteiger partial charge in [0.15, 0.2) is 0 Å². The first-order valence-corrected chi connectivity index (χ1v) is 11.9. The van der Waals surface area contributed by atoms with Crippen LogP contribution in [0.4, 0.5) is 0 Å². The lowest BCUT2D eigenvalue weighted by molar-refractivity contribution is -0.142. The van der Waals surface area contributed by atoms with E-state index in [1.54, 1.807) is 30.5 Å². The molecule has 0 saturated carbocycles. The molecule has 1 atom stereocenters. The van der Waals surface area contributed by atoms with Crippen LogP contribution in [0.2, 0.25) is 5.02 Å². The number of carboxylic acid groups (broad SMARTS) is 1. The molecule has 0 aliphatic carbocycles. The van der Waals surface area contributed by atoms with Crippen LogP contribution in [0.5, 0.6) is 5.75 Å². The van der Waals surface area contributed by atoms with Gasteiger partial charge in [0, 0.05) is 18.0 Å². The second kappa shape index (κ2) is 11.3. The molecule has 188 valence electrons. The zero-order valence-electron chi connectivity index (χ0n) is 19.8. The Labute approximate surface area is 213 Å². The third kappa shape index (κ3) is 5.85. The van der Waals surface area contributed by atoms with Gasteiger partial charge in [0.25, 0.3) is 0 Å². The van der Waals surface area contributed by atoms with Crippen LogP contribution in [-0.4, -0.2) is 57.0 Å². The van der Waals surface area contributed by atoms with Gasteiger partial charge >= 0.3 is 5.97 Å². The summed E-state index contributed by atoms with van der Waals surface area (Å²) >= 11 is 6.35. The monoisotopic (exact) mass is 510 g/mol. The van der Waals surface area contributed by atoms with E-state index in [0.29, 0.717) is 17.3 Å². The van der Waals surface area contributed by atoms with Gasteiger partial charge in [0.2, 0.25) is 11.8 Å². The van der Waals surface area contributed by atoms with Gasteiger partial charge in [-0.25, -0.2) is 4.98 Å². The molecule has 9 nitrogen and oxygen atoms in total. The Kier molecular flexibility index (Phi) is 7.90. The first kappa shape index (κ1) is 25.2. The van der Waals surface area contributed by atoms with Gasteiger partial charge in [-0.2, -0.15) is 0 Å². The van der Waals surface area contributed by atoms with Crippen molar-refractivity contribution >= 4 is 29.4 Å². The molecule has 2 amide bonds. The van der Waals surface area contributed by atoms with Crippen molar-refractivity contribution in [3.05, 3.63) is 82.4 Å². The Morgan fingerprint density at radius 2 is 2.00 bits per heavy atom. The fourth-order valence-electron chi connectivity index (χ4n) is 4.28. The smallest absolute Gasteiger partial charge is 0.305 e. The molecule has 10 heteroatoms. The van der Waals surface area contributed by atoms with Crippen LogP contribution in [0.3, 0.4) is 0 Å². The molecular formula is C26H27ClN4O5. The van der Waals surface area contributed by atoms with Gasteiger partial charge in [0.05, 0.1) is 50.8 Å². The average Bonchev–Trinajstić information content (AvgIpc) is 3.26. The quantitative estimate of drug-likeness (QED) is 0.457. The van der Waals surface area contributed by atoms with Crippen LogP contribution in [-0.2, 0) is 40.3 Å². The number of fused-ring (bicyclic) bond motifs is 1. The molecule has 1 aliphatic heterocycles. The molecule has 1 aliphatic rings. The second-order valence-corrected chi connectivity index (χ2v) is 8.97. The topological polar surface area (TPSA) is 114 Å². The fourth-order valence-corrected chi connectivity index (χ4v) is 4.47. The number of aromatic nitrogens is 2. The number of rotatable bonds is 9. The molecule has 0 bridgehead atoms. The molecule has 0 radical (unpaired) electrons. The van der Waals surface area contributed by atoms with E-state index in [-0.39, 0.29) is 38.3 Å². The largest absolute Gasteiger partial charge is 0.497 e. The molecule has 1 aromatic heterocycles. The van der Waals surface area contributed by atoms with Gasteiger partial charge < -0.3 is 24.6 Å². The highest BCUT2D eigenvalue weighted by Crippen LogP contribution is 2.26. The Hall–Kier alpha value is -3.85. The maximum atomic E-state index is 13.5. The second-order valence-electron chi connectivity index (χ2n) is 8.56. The van der Waals surface area contributed by atoms with Crippen LogP contribution in [0.15, 0.2) is 54.9 Å². The first-order valence-electron chi connectivity index (χ1n) is 11.5. The van der Waals surface area contributed by atoms with Crippen molar-refractivity contribution in [2.75, 3.05) is 13.7 Å². The molecular weight excluding hydrogens is 484 g/mol. The summed E-state index contributed by atoms with van der Waals surface area (Å²) in [7, 11) is 1.56. The summed E-state index contributed by atoms with van der Waals surface area (Å²) in [5.74, 6) is -0.994. The summed E-state index contributed by atoms with van der Waals surface area (Å²) in [6.45, 7) is 0.658. The van der Waals surface area contributed by atoms with Gasteiger partial charge in [-0.1, -0.05) is 41.9 Å². The highest BCUT2D eigenvalue weighted by molar-refractivity contribution is 6.31. The van der Waals surface area contributed by atoms with Crippen LogP contribution >= 0.6 is 11.6 Å². The number of hydrogen-bond acceptors (Lipinski definition) is 5. The lowest BCUT2D eigenvalue weighted by Crippen LogP contribution is -2.53. The number of carboxylic acids is 1. The van der Waals surface area contributed by atoms with E-state index in [2.05, 4.69) is 10.3 Å². The summed E-state index contributed by atoms with van der Waals surface area (Å²) in [5.41, 5.74) is 3.25. The zero-order valence-corrected chi connectivity index (χ0v) is 20.6. The van der Waals surface area contributed by atoms with Gasteiger partial charge in [-0.15, -0.1) is 0 Å². The molecule has 1 unspecified atom stereocenters. The van der Waals surface area contributed by atoms with Crippen molar-refractivity contribution in [1.82, 2.24) is 19.8 Å². The number of aliphatic carboxylic acids is 1. The van der Waals surface area contributed by atoms with E-state index in [1.165, 1.54) is 0 Å². The highest BCUT2D eigenvalue weighted by atomic mass is 35.5. The van der Waals surface area contributed by atoms with Crippen molar-refractivity contribution in [3.8, 4) is 5.75 Å². The molecule has 4 rings (SSSR count). The molecule has 2 aromatic carbocycles. The minimum absolute atomic E-state index is 0.0175. The lowest BCUT2D eigenvalue weighted by Gasteiger charge is -2.35. The van der Waals surface area contributed by atoms with Gasteiger partial charge in [-0.05, 0) is 29.3 Å². The van der Waals surface area contributed by atoms with Crippen LogP contribution in [0, 0.1) is 0 Å². The predicted molar refractivity (Wildman–Crippen MR) is 133 cm³/mol. The predicted octanol–water partition coefficient (Wildman–Crippen LogP) is 2.68. The number of halogens is 1. The molecule has 2 heterocycles. The molecule has 36 heavy (non-hydrogen) atoms. The fraction of sp³-hybridized carbons (Fsp3) is 0.308. The molecule has 0 fully saturated rings. The number of benzene rings is 2. The van der Waals surface area contributed by atoms with E-state index in [1.807, 2.05) is 41.0 Å². The minimum atomic E-state index is -1.01.